The number of rotatable bonds is 5. The van der Waals surface area contributed by atoms with Crippen molar-refractivity contribution < 1.29 is 9.13 Å². The maximum atomic E-state index is 13.9. The number of thiazole rings is 1. The second-order valence-electron chi connectivity index (χ2n) is 3.98. The lowest BCUT2D eigenvalue weighted by Crippen LogP contribution is -2.06. The second kappa shape index (κ2) is 6.56. The van der Waals surface area contributed by atoms with Gasteiger partial charge in [-0.15, -0.1) is 11.3 Å². The first-order valence-corrected chi connectivity index (χ1v) is 7.34. The summed E-state index contributed by atoms with van der Waals surface area (Å²) < 4.78 is 19.8. The minimum Gasteiger partial charge on any atom is -0.378 e. The fourth-order valence-electron chi connectivity index (χ4n) is 1.71. The minimum absolute atomic E-state index is 0.267. The third-order valence-corrected chi connectivity index (χ3v) is 4.18. The highest BCUT2D eigenvalue weighted by atomic mass is 79.9. The zero-order chi connectivity index (χ0) is 13.8. The molecular weight excluding hydrogens is 331 g/mol. The highest BCUT2D eigenvalue weighted by molar-refractivity contribution is 9.10. The van der Waals surface area contributed by atoms with E-state index in [0.717, 1.165) is 15.0 Å². The van der Waals surface area contributed by atoms with E-state index >= 15 is 0 Å². The Kier molecular flexibility index (Phi) is 5.04. The molecule has 0 radical (unpaired) electrons. The molecule has 0 saturated heterocycles. The Labute approximate surface area is 124 Å². The number of nitrogens with zero attached hydrogens (tertiary/aromatic N) is 1. The Morgan fingerprint density at radius 1 is 1.47 bits per heavy atom. The first kappa shape index (κ1) is 14.6. The van der Waals surface area contributed by atoms with Gasteiger partial charge in [0.05, 0.1) is 12.3 Å². The molecule has 0 bridgehead atoms. The molecule has 0 amide bonds. The van der Waals surface area contributed by atoms with E-state index in [2.05, 4.69) is 26.2 Å². The minimum atomic E-state index is -0.267. The van der Waals surface area contributed by atoms with Crippen molar-refractivity contribution in [2.75, 3.05) is 14.2 Å². The second-order valence-corrected chi connectivity index (χ2v) is 5.98. The SMILES string of the molecule is CNCc1sc(-c2cc(Br)ccc2F)nc1COC. The van der Waals surface area contributed by atoms with Crippen molar-refractivity contribution in [1.29, 1.82) is 0 Å². The van der Waals surface area contributed by atoms with Crippen molar-refractivity contribution in [3.8, 4) is 10.6 Å². The van der Waals surface area contributed by atoms with Crippen LogP contribution in [0.15, 0.2) is 22.7 Å². The van der Waals surface area contributed by atoms with Gasteiger partial charge in [-0.3, -0.25) is 0 Å². The number of nitrogens with one attached hydrogen (secondary N) is 1. The topological polar surface area (TPSA) is 34.2 Å². The average Bonchev–Trinajstić information content (AvgIpc) is 2.77. The molecule has 0 saturated carbocycles. The molecule has 2 rings (SSSR count). The summed E-state index contributed by atoms with van der Waals surface area (Å²) in [6, 6.07) is 4.86. The Morgan fingerprint density at radius 3 is 2.95 bits per heavy atom. The first-order chi connectivity index (χ1) is 9.15. The Balaban J connectivity index is 2.44. The van der Waals surface area contributed by atoms with E-state index < -0.39 is 0 Å². The van der Waals surface area contributed by atoms with Gasteiger partial charge in [0.15, 0.2) is 0 Å². The van der Waals surface area contributed by atoms with Gasteiger partial charge in [-0.2, -0.15) is 0 Å². The van der Waals surface area contributed by atoms with Crippen molar-refractivity contribution in [2.45, 2.75) is 13.2 Å². The van der Waals surface area contributed by atoms with Gasteiger partial charge >= 0.3 is 0 Å². The molecule has 3 nitrogen and oxygen atoms in total. The van der Waals surface area contributed by atoms with E-state index in [-0.39, 0.29) is 5.82 Å². The van der Waals surface area contributed by atoms with Gasteiger partial charge in [0.25, 0.3) is 0 Å². The number of hydrogen-bond acceptors (Lipinski definition) is 4. The summed E-state index contributed by atoms with van der Waals surface area (Å²) in [5.74, 6) is -0.267. The summed E-state index contributed by atoms with van der Waals surface area (Å²) >= 11 is 4.84. The summed E-state index contributed by atoms with van der Waals surface area (Å²) in [5, 5.41) is 3.76. The predicted octanol–water partition coefficient (Wildman–Crippen LogP) is 3.58. The van der Waals surface area contributed by atoms with Gasteiger partial charge < -0.3 is 10.1 Å². The summed E-state index contributed by atoms with van der Waals surface area (Å²) in [6.45, 7) is 1.13. The summed E-state index contributed by atoms with van der Waals surface area (Å²) in [5.41, 5.74) is 1.37. The fourth-order valence-corrected chi connectivity index (χ4v) is 3.16. The van der Waals surface area contributed by atoms with Gasteiger partial charge in [-0.25, -0.2) is 9.37 Å². The maximum absolute atomic E-state index is 13.9. The van der Waals surface area contributed by atoms with E-state index in [4.69, 9.17) is 4.74 Å². The van der Waals surface area contributed by atoms with Crippen LogP contribution in [-0.2, 0) is 17.9 Å². The van der Waals surface area contributed by atoms with Crippen LogP contribution in [0.3, 0.4) is 0 Å². The predicted molar refractivity (Wildman–Crippen MR) is 78.7 cm³/mol. The standard InChI is InChI=1S/C13H14BrFN2OS/c1-16-6-12-11(7-18-2)17-13(19-12)9-5-8(14)3-4-10(9)15/h3-5,16H,6-7H2,1-2H3. The lowest BCUT2D eigenvalue weighted by molar-refractivity contribution is 0.181. The van der Waals surface area contributed by atoms with Crippen LogP contribution in [0.2, 0.25) is 0 Å². The van der Waals surface area contributed by atoms with Gasteiger partial charge in [-0.1, -0.05) is 15.9 Å². The number of halogens is 2. The van der Waals surface area contributed by atoms with Gasteiger partial charge in [0, 0.05) is 28.6 Å². The average molecular weight is 345 g/mol. The smallest absolute Gasteiger partial charge is 0.133 e. The normalized spacial score (nSPS) is 10.9. The molecular formula is C13H14BrFN2OS. The van der Waals surface area contributed by atoms with Crippen molar-refractivity contribution in [1.82, 2.24) is 10.3 Å². The van der Waals surface area contributed by atoms with Crippen LogP contribution in [0.25, 0.3) is 10.6 Å². The number of benzene rings is 1. The van der Waals surface area contributed by atoms with Crippen molar-refractivity contribution >= 4 is 27.3 Å². The maximum Gasteiger partial charge on any atom is 0.133 e. The monoisotopic (exact) mass is 344 g/mol. The van der Waals surface area contributed by atoms with E-state index in [1.807, 2.05) is 7.05 Å². The van der Waals surface area contributed by atoms with E-state index in [1.54, 1.807) is 19.2 Å². The van der Waals surface area contributed by atoms with Crippen molar-refractivity contribution in [2.24, 2.45) is 0 Å². The molecule has 0 atom stereocenters. The third kappa shape index (κ3) is 3.39. The highest BCUT2D eigenvalue weighted by Crippen LogP contribution is 2.32. The summed E-state index contributed by atoms with van der Waals surface area (Å²) in [4.78, 5) is 5.55. The van der Waals surface area contributed by atoms with Crippen LogP contribution < -0.4 is 5.32 Å². The summed E-state index contributed by atoms with van der Waals surface area (Å²) in [6.07, 6.45) is 0. The van der Waals surface area contributed by atoms with Gasteiger partial charge in [0.2, 0.25) is 0 Å². The molecule has 0 unspecified atom stereocenters. The number of aromatic nitrogens is 1. The zero-order valence-electron chi connectivity index (χ0n) is 10.7. The largest absolute Gasteiger partial charge is 0.378 e. The van der Waals surface area contributed by atoms with E-state index in [1.165, 1.54) is 17.4 Å². The first-order valence-electron chi connectivity index (χ1n) is 5.73. The molecule has 0 aliphatic rings. The highest BCUT2D eigenvalue weighted by Gasteiger charge is 2.15. The molecule has 1 N–H and O–H groups in total. The van der Waals surface area contributed by atoms with Crippen molar-refractivity contribution in [3.63, 3.8) is 0 Å². The molecule has 1 aromatic heterocycles. The molecule has 0 aliphatic heterocycles. The van der Waals surface area contributed by atoms with Crippen LogP contribution >= 0.6 is 27.3 Å². The van der Waals surface area contributed by atoms with Crippen LogP contribution in [0, 0.1) is 5.82 Å². The lowest BCUT2D eigenvalue weighted by Gasteiger charge is -1.99. The quantitative estimate of drug-likeness (QED) is 0.900. The lowest BCUT2D eigenvalue weighted by atomic mass is 10.2. The van der Waals surface area contributed by atoms with Gasteiger partial charge in [-0.05, 0) is 25.2 Å². The van der Waals surface area contributed by atoms with E-state index in [0.29, 0.717) is 23.7 Å². The number of hydrogen-bond donors (Lipinski definition) is 1. The summed E-state index contributed by atoms with van der Waals surface area (Å²) in [7, 11) is 3.50. The Morgan fingerprint density at radius 2 is 2.26 bits per heavy atom. The third-order valence-electron chi connectivity index (χ3n) is 2.56. The molecule has 0 spiro atoms. The van der Waals surface area contributed by atoms with Crippen LogP contribution in [0.5, 0.6) is 0 Å². The number of ether oxygens (including phenoxy) is 1. The fraction of sp³-hybridized carbons (Fsp3) is 0.308. The molecule has 19 heavy (non-hydrogen) atoms. The van der Waals surface area contributed by atoms with Crippen LogP contribution in [-0.4, -0.2) is 19.1 Å². The molecule has 102 valence electrons. The molecule has 2 aromatic rings. The molecule has 6 heteroatoms. The van der Waals surface area contributed by atoms with Crippen LogP contribution in [0.4, 0.5) is 4.39 Å². The Hall–Kier alpha value is -0.820. The molecule has 1 aromatic carbocycles. The molecule has 1 heterocycles. The van der Waals surface area contributed by atoms with Crippen molar-refractivity contribution in [3.05, 3.63) is 39.1 Å². The van der Waals surface area contributed by atoms with Gasteiger partial charge in [0.1, 0.15) is 10.8 Å². The number of methoxy groups -OCH3 is 1. The molecule has 0 fully saturated rings. The Bertz CT molecular complexity index is 550. The van der Waals surface area contributed by atoms with Crippen LogP contribution in [0.1, 0.15) is 10.6 Å². The molecule has 0 aliphatic carbocycles. The zero-order valence-corrected chi connectivity index (χ0v) is 13.1. The van der Waals surface area contributed by atoms with E-state index in [9.17, 15) is 4.39 Å².